The van der Waals surface area contributed by atoms with Gasteiger partial charge in [-0.05, 0) is 49.5 Å². The van der Waals surface area contributed by atoms with Crippen molar-refractivity contribution in [3.8, 4) is 0 Å². The normalized spacial score (nSPS) is 21.0. The molecule has 0 saturated carbocycles. The van der Waals surface area contributed by atoms with Gasteiger partial charge in [0.25, 0.3) is 0 Å². The van der Waals surface area contributed by atoms with E-state index >= 15 is 0 Å². The predicted octanol–water partition coefficient (Wildman–Crippen LogP) is 2.86. The summed E-state index contributed by atoms with van der Waals surface area (Å²) in [5, 5.41) is 5.32. The van der Waals surface area contributed by atoms with Crippen LogP contribution in [-0.2, 0) is 6.54 Å². The number of rotatable bonds is 4. The summed E-state index contributed by atoms with van der Waals surface area (Å²) in [5.74, 6) is 0.812. The first-order chi connectivity index (χ1) is 7.29. The van der Waals surface area contributed by atoms with Crippen LogP contribution in [0, 0.1) is 5.92 Å². The second-order valence-electron chi connectivity index (χ2n) is 4.17. The first-order valence-electron chi connectivity index (χ1n) is 5.38. The topological polar surface area (TPSA) is 15.3 Å². The van der Waals surface area contributed by atoms with E-state index in [9.17, 15) is 0 Å². The highest BCUT2D eigenvalue weighted by atomic mass is 35.5. The minimum atomic E-state index is 0. The molecule has 1 aliphatic heterocycles. The highest BCUT2D eigenvalue weighted by Gasteiger charge is 2.22. The highest BCUT2D eigenvalue weighted by molar-refractivity contribution is 7.14. The molecule has 0 aliphatic carbocycles. The van der Waals surface area contributed by atoms with Gasteiger partial charge in [0, 0.05) is 13.1 Å². The first kappa shape index (κ1) is 14.3. The third-order valence-electron chi connectivity index (χ3n) is 2.95. The average Bonchev–Trinajstić information content (AvgIpc) is 2.79. The molecular formula is C11H18Cl2N2S. The lowest BCUT2D eigenvalue weighted by Gasteiger charge is -2.15. The van der Waals surface area contributed by atoms with Gasteiger partial charge in [-0.15, -0.1) is 23.7 Å². The Hall–Kier alpha value is 0.200. The summed E-state index contributed by atoms with van der Waals surface area (Å²) in [6, 6.07) is 2.14. The van der Waals surface area contributed by atoms with E-state index in [0.717, 1.165) is 23.3 Å². The Kier molecular flexibility index (Phi) is 6.08. The van der Waals surface area contributed by atoms with Gasteiger partial charge in [0.2, 0.25) is 0 Å². The first-order valence-corrected chi connectivity index (χ1v) is 6.64. The summed E-state index contributed by atoms with van der Waals surface area (Å²) in [4.78, 5) is 2.50. The Morgan fingerprint density at radius 3 is 3.06 bits per heavy atom. The van der Waals surface area contributed by atoms with E-state index in [0.29, 0.717) is 0 Å². The molecule has 0 amide bonds. The molecule has 1 atom stereocenters. The minimum Gasteiger partial charge on any atom is -0.319 e. The number of likely N-dealkylation sites (tertiary alicyclic amines) is 1. The Bertz CT molecular complexity index is 317. The minimum absolute atomic E-state index is 0. The van der Waals surface area contributed by atoms with E-state index < -0.39 is 0 Å². The van der Waals surface area contributed by atoms with Crippen LogP contribution in [0.1, 0.15) is 12.0 Å². The molecule has 1 N–H and O–H groups in total. The summed E-state index contributed by atoms with van der Waals surface area (Å²) < 4.78 is 0.951. The second kappa shape index (κ2) is 6.82. The zero-order valence-corrected chi connectivity index (χ0v) is 11.8. The van der Waals surface area contributed by atoms with Gasteiger partial charge in [-0.1, -0.05) is 11.6 Å². The summed E-state index contributed by atoms with van der Waals surface area (Å²) in [7, 11) is 2.03. The van der Waals surface area contributed by atoms with Gasteiger partial charge in [0.05, 0.1) is 4.34 Å². The van der Waals surface area contributed by atoms with Crippen LogP contribution in [0.5, 0.6) is 0 Å². The summed E-state index contributed by atoms with van der Waals surface area (Å²) >= 11 is 7.72. The molecule has 0 aromatic carbocycles. The fraction of sp³-hybridized carbons (Fsp3) is 0.636. The van der Waals surface area contributed by atoms with Crippen molar-refractivity contribution in [2.75, 3.05) is 26.7 Å². The van der Waals surface area contributed by atoms with Crippen LogP contribution in [0.4, 0.5) is 0 Å². The van der Waals surface area contributed by atoms with Crippen molar-refractivity contribution in [3.63, 3.8) is 0 Å². The van der Waals surface area contributed by atoms with Crippen molar-refractivity contribution in [2.24, 2.45) is 5.92 Å². The summed E-state index contributed by atoms with van der Waals surface area (Å²) in [6.45, 7) is 4.56. The Morgan fingerprint density at radius 1 is 1.62 bits per heavy atom. The molecule has 1 saturated heterocycles. The smallest absolute Gasteiger partial charge is 0.0973 e. The van der Waals surface area contributed by atoms with Gasteiger partial charge in [0.1, 0.15) is 0 Å². The molecule has 1 aromatic rings. The number of nitrogens with one attached hydrogen (secondary N) is 1. The van der Waals surface area contributed by atoms with E-state index in [1.54, 1.807) is 11.3 Å². The maximum Gasteiger partial charge on any atom is 0.0973 e. The van der Waals surface area contributed by atoms with Gasteiger partial charge in [-0.2, -0.15) is 0 Å². The standard InChI is InChI=1S/C11H17ClN2S.ClH/c1-13-6-9-2-4-14(7-9)8-10-3-5-15-11(10)12;/h3,5,9,13H,2,4,6-8H2,1H3;1H. The van der Waals surface area contributed by atoms with Gasteiger partial charge >= 0.3 is 0 Å². The summed E-state index contributed by atoms with van der Waals surface area (Å²) in [6.07, 6.45) is 1.31. The second-order valence-corrected chi connectivity index (χ2v) is 5.69. The highest BCUT2D eigenvalue weighted by Crippen LogP contribution is 2.26. The predicted molar refractivity (Wildman–Crippen MR) is 73.9 cm³/mol. The maximum atomic E-state index is 6.10. The molecule has 2 heterocycles. The van der Waals surface area contributed by atoms with Crippen LogP contribution in [0.25, 0.3) is 0 Å². The molecule has 1 aromatic heterocycles. The Morgan fingerprint density at radius 2 is 2.44 bits per heavy atom. The van der Waals surface area contributed by atoms with Gasteiger partial charge in [-0.3, -0.25) is 4.90 Å². The molecule has 5 heteroatoms. The van der Waals surface area contributed by atoms with Gasteiger partial charge < -0.3 is 5.32 Å². The number of halogens is 2. The molecule has 2 nitrogen and oxygen atoms in total. The van der Waals surface area contributed by atoms with E-state index in [1.165, 1.54) is 25.1 Å². The Labute approximate surface area is 112 Å². The summed E-state index contributed by atoms with van der Waals surface area (Å²) in [5.41, 5.74) is 1.28. The van der Waals surface area contributed by atoms with Crippen LogP contribution in [-0.4, -0.2) is 31.6 Å². The zero-order chi connectivity index (χ0) is 10.7. The van der Waals surface area contributed by atoms with Crippen molar-refractivity contribution >= 4 is 35.3 Å². The lowest BCUT2D eigenvalue weighted by Crippen LogP contribution is -2.24. The maximum absolute atomic E-state index is 6.10. The third-order valence-corrected chi connectivity index (χ3v) is 4.20. The molecule has 16 heavy (non-hydrogen) atoms. The number of hydrogen-bond donors (Lipinski definition) is 1. The van der Waals surface area contributed by atoms with E-state index in [1.807, 2.05) is 7.05 Å². The van der Waals surface area contributed by atoms with Crippen LogP contribution < -0.4 is 5.32 Å². The molecule has 1 aliphatic rings. The molecule has 0 radical (unpaired) electrons. The van der Waals surface area contributed by atoms with Gasteiger partial charge in [-0.25, -0.2) is 0 Å². The van der Waals surface area contributed by atoms with E-state index in [2.05, 4.69) is 21.7 Å². The lowest BCUT2D eigenvalue weighted by atomic mass is 10.1. The van der Waals surface area contributed by atoms with Crippen molar-refractivity contribution in [1.29, 1.82) is 0 Å². The van der Waals surface area contributed by atoms with Gasteiger partial charge in [0.15, 0.2) is 0 Å². The SMILES string of the molecule is CNCC1CCN(Cc2ccsc2Cl)C1.Cl. The largest absolute Gasteiger partial charge is 0.319 e. The van der Waals surface area contributed by atoms with Crippen molar-refractivity contribution in [2.45, 2.75) is 13.0 Å². The van der Waals surface area contributed by atoms with Crippen LogP contribution in [0.3, 0.4) is 0 Å². The molecular weight excluding hydrogens is 263 g/mol. The van der Waals surface area contributed by atoms with E-state index in [4.69, 9.17) is 11.6 Å². The molecule has 0 spiro atoms. The third kappa shape index (κ3) is 3.60. The fourth-order valence-electron chi connectivity index (χ4n) is 2.18. The van der Waals surface area contributed by atoms with Crippen molar-refractivity contribution in [3.05, 3.63) is 21.3 Å². The quantitative estimate of drug-likeness (QED) is 0.913. The number of nitrogens with zero attached hydrogens (tertiary/aromatic N) is 1. The molecule has 2 rings (SSSR count). The van der Waals surface area contributed by atoms with Crippen LogP contribution in [0.15, 0.2) is 11.4 Å². The number of hydrogen-bond acceptors (Lipinski definition) is 3. The fourth-order valence-corrected chi connectivity index (χ4v) is 3.10. The zero-order valence-electron chi connectivity index (χ0n) is 9.41. The molecule has 1 fully saturated rings. The molecule has 92 valence electrons. The van der Waals surface area contributed by atoms with Crippen molar-refractivity contribution < 1.29 is 0 Å². The number of thiophene rings is 1. The Balaban J connectivity index is 0.00000128. The monoisotopic (exact) mass is 280 g/mol. The van der Waals surface area contributed by atoms with Crippen LogP contribution in [0.2, 0.25) is 4.34 Å². The lowest BCUT2D eigenvalue weighted by molar-refractivity contribution is 0.316. The van der Waals surface area contributed by atoms with Crippen LogP contribution >= 0.6 is 35.3 Å². The van der Waals surface area contributed by atoms with E-state index in [-0.39, 0.29) is 12.4 Å². The molecule has 0 bridgehead atoms. The molecule has 1 unspecified atom stereocenters. The van der Waals surface area contributed by atoms with Crippen molar-refractivity contribution in [1.82, 2.24) is 10.2 Å². The average molecular weight is 281 g/mol.